The van der Waals surface area contributed by atoms with Crippen molar-refractivity contribution in [3.8, 4) is 5.69 Å². The van der Waals surface area contributed by atoms with Crippen molar-refractivity contribution in [2.45, 2.75) is 37.1 Å². The number of aromatic amines is 1. The van der Waals surface area contributed by atoms with Crippen molar-refractivity contribution < 1.29 is 136 Å². The van der Waals surface area contributed by atoms with E-state index in [1.165, 1.54) is 40.0 Å². The first-order valence-corrected chi connectivity index (χ1v) is 12.9. The normalized spacial score (nSPS) is 16.5. The van der Waals surface area contributed by atoms with Crippen LogP contribution in [0.1, 0.15) is 28.5 Å². The number of carbonyl (C=O) groups excluding carboxylic acids is 1. The maximum Gasteiger partial charge on any atom is 1.00 e. The number of hydrogen-bond donors (Lipinski definition) is 4. The minimum Gasteiger partial charge on any atom is -1.00 e. The van der Waals surface area contributed by atoms with Crippen LogP contribution in [0.4, 0.5) is 5.69 Å². The van der Waals surface area contributed by atoms with Crippen LogP contribution in [0.25, 0.3) is 11.8 Å². The van der Waals surface area contributed by atoms with Crippen LogP contribution in [0.5, 0.6) is 0 Å². The Hall–Kier alpha value is -0.287. The van der Waals surface area contributed by atoms with Gasteiger partial charge in [-0.05, 0) is 68.5 Å². The van der Waals surface area contributed by atoms with Gasteiger partial charge in [0.1, 0.15) is 0 Å². The summed E-state index contributed by atoms with van der Waals surface area (Å²) in [7, 11) is -8.76. The Kier molecular flexibility index (Phi) is 12.8. The molecule has 0 saturated carbocycles. The average molecular weight is 617 g/mol. The second kappa shape index (κ2) is 13.6. The van der Waals surface area contributed by atoms with Crippen LogP contribution in [0.15, 0.2) is 68.7 Å². The van der Waals surface area contributed by atoms with Crippen molar-refractivity contribution in [1.29, 1.82) is 0 Å². The molecule has 1 aliphatic rings. The molecule has 1 fully saturated rings. The Morgan fingerprint density at radius 3 is 1.76 bits per heavy atom. The van der Waals surface area contributed by atoms with Gasteiger partial charge in [-0.3, -0.25) is 23.8 Å². The first-order valence-electron chi connectivity index (χ1n) is 10.1. The van der Waals surface area contributed by atoms with Crippen LogP contribution in [0, 0.1) is 6.92 Å². The Labute approximate surface area is 308 Å². The summed E-state index contributed by atoms with van der Waals surface area (Å²) in [4.78, 5) is 25.5. The Bertz CT molecular complexity index is 1640. The molecule has 1 unspecified atom stereocenters. The van der Waals surface area contributed by atoms with Gasteiger partial charge in [0.25, 0.3) is 31.7 Å². The molecule has 1 aromatic heterocycles. The monoisotopic (exact) mass is 616 g/mol. The third-order valence-corrected chi connectivity index (χ3v) is 7.18. The minimum atomic E-state index is -4.38. The summed E-state index contributed by atoms with van der Waals surface area (Å²) in [6, 6.07) is 9.55. The van der Waals surface area contributed by atoms with Gasteiger partial charge >= 0.3 is 103 Å². The Morgan fingerprint density at radius 2 is 1.32 bits per heavy atom. The summed E-state index contributed by atoms with van der Waals surface area (Å²) in [5.74, 6) is -0.457. The number of nitrogens with zero attached hydrogens (tertiary/aromatic N) is 2. The van der Waals surface area contributed by atoms with Gasteiger partial charge in [0.2, 0.25) is 0 Å². The topological polar surface area (TPSA) is 179 Å². The summed E-state index contributed by atoms with van der Waals surface area (Å²) in [5, 5.41) is 4.08. The fourth-order valence-electron chi connectivity index (χ4n) is 3.62. The predicted molar refractivity (Wildman–Crippen MR) is 134 cm³/mol. The zero-order valence-corrected chi connectivity index (χ0v) is 28.2. The fourth-order valence-corrected chi connectivity index (χ4v) is 4.58. The number of amides is 1. The van der Waals surface area contributed by atoms with Crippen molar-refractivity contribution in [1.82, 2.24) is 15.2 Å². The van der Waals surface area contributed by atoms with Crippen LogP contribution in [0.3, 0.4) is 0 Å². The van der Waals surface area contributed by atoms with Gasteiger partial charge in [0.05, 0.1) is 32.8 Å². The zero-order chi connectivity index (χ0) is 25.7. The number of aryl methyl sites for hydroxylation is 1. The number of nitrogens with one attached hydrogen (secondary N) is 2. The van der Waals surface area contributed by atoms with E-state index >= 15 is 0 Å². The summed E-state index contributed by atoms with van der Waals surface area (Å²) in [6.07, 6.45) is 1.45. The first kappa shape index (κ1) is 35.7. The standard InChI is InChI=1S/C21H20N4O8S2.CH4.2K.2H/c1-12-18(20(26)24(22-12)14-3-7-16(8-4-14)34(28,29)30)11-19-13(2)23-25(21(19)27)15-5-9-17(10-6-15)35(31,32)33;;;;;/h3-12,22-23H,1-2H3,(H,28,29,30)(H,31,32,33);1H4;;;;/q;;2*+1;2*-1. The number of hydrogen-bond acceptors (Lipinski definition) is 7. The molecule has 4 rings (SSSR count). The maximum absolute atomic E-state index is 13.1. The molecule has 0 bridgehead atoms. The molecule has 0 spiro atoms. The van der Waals surface area contributed by atoms with E-state index in [1.807, 2.05) is 0 Å². The second-order valence-electron chi connectivity index (χ2n) is 7.82. The number of H-pyrrole nitrogens is 1. The van der Waals surface area contributed by atoms with Gasteiger partial charge < -0.3 is 2.85 Å². The molecule has 1 amide bonds. The summed E-state index contributed by atoms with van der Waals surface area (Å²) in [6.45, 7) is 3.35. The molecule has 0 radical (unpaired) electrons. The van der Waals surface area contributed by atoms with Crippen LogP contribution in [-0.2, 0) is 25.0 Å². The molecule has 0 aliphatic carbocycles. The van der Waals surface area contributed by atoms with Crippen LogP contribution >= 0.6 is 0 Å². The minimum absolute atomic E-state index is 0. The molecule has 1 aliphatic heterocycles. The van der Waals surface area contributed by atoms with Gasteiger partial charge in [-0.25, -0.2) is 15.1 Å². The summed E-state index contributed by atoms with van der Waals surface area (Å²) < 4.78 is 64.4. The summed E-state index contributed by atoms with van der Waals surface area (Å²) >= 11 is 0. The second-order valence-corrected chi connectivity index (χ2v) is 10.7. The van der Waals surface area contributed by atoms with E-state index in [0.717, 1.165) is 24.3 Å². The zero-order valence-electron chi connectivity index (χ0n) is 22.3. The molecule has 38 heavy (non-hydrogen) atoms. The van der Waals surface area contributed by atoms with Crippen molar-refractivity contribution >= 4 is 37.9 Å². The van der Waals surface area contributed by atoms with Crippen LogP contribution in [0.2, 0.25) is 0 Å². The van der Waals surface area contributed by atoms with Crippen molar-refractivity contribution in [3.63, 3.8) is 0 Å². The number of aromatic nitrogens is 2. The number of rotatable bonds is 5. The van der Waals surface area contributed by atoms with Crippen molar-refractivity contribution in [3.05, 3.63) is 75.7 Å². The quantitative estimate of drug-likeness (QED) is 0.127. The van der Waals surface area contributed by atoms with Gasteiger partial charge in [0.15, 0.2) is 0 Å². The van der Waals surface area contributed by atoms with E-state index in [0.29, 0.717) is 17.1 Å². The molecule has 2 aromatic carbocycles. The van der Waals surface area contributed by atoms with Gasteiger partial charge in [0, 0.05) is 11.3 Å². The molecule has 2 heterocycles. The Balaban J connectivity index is 0. The van der Waals surface area contributed by atoms with E-state index in [1.54, 1.807) is 13.8 Å². The fraction of sp³-hybridized carbons (Fsp3) is 0.182. The number of benzene rings is 2. The van der Waals surface area contributed by atoms with Crippen molar-refractivity contribution in [2.75, 3.05) is 5.01 Å². The Morgan fingerprint density at radius 1 is 0.868 bits per heavy atom. The van der Waals surface area contributed by atoms with Crippen LogP contribution < -0.4 is 119 Å². The smallest absolute Gasteiger partial charge is 1.00 e. The molecule has 4 N–H and O–H groups in total. The molecule has 1 saturated heterocycles. The maximum atomic E-state index is 13.1. The molecular weight excluding hydrogens is 591 g/mol. The largest absolute Gasteiger partial charge is 1.00 e. The molecule has 3 aromatic rings. The number of anilines is 1. The first-order chi connectivity index (χ1) is 16.3. The molecular formula is C22H26K2N4O8S2. The summed E-state index contributed by atoms with van der Waals surface area (Å²) in [5.41, 5.74) is 4.06. The average Bonchev–Trinajstić information content (AvgIpc) is 3.23. The van der Waals surface area contributed by atoms with E-state index in [-0.39, 0.29) is 134 Å². The van der Waals surface area contributed by atoms with Crippen molar-refractivity contribution in [2.24, 2.45) is 0 Å². The molecule has 196 valence electrons. The van der Waals surface area contributed by atoms with E-state index < -0.39 is 37.7 Å². The predicted octanol–water partition coefficient (Wildman–Crippen LogP) is -3.84. The van der Waals surface area contributed by atoms with E-state index in [2.05, 4.69) is 10.5 Å². The van der Waals surface area contributed by atoms with E-state index in [4.69, 9.17) is 9.11 Å². The van der Waals surface area contributed by atoms with Gasteiger partial charge in [-0.2, -0.15) is 16.8 Å². The molecule has 12 nitrogen and oxygen atoms in total. The molecule has 16 heteroatoms. The third kappa shape index (κ3) is 7.51. The number of carbonyl (C=O) groups is 1. The van der Waals surface area contributed by atoms with E-state index in [9.17, 15) is 26.4 Å². The third-order valence-electron chi connectivity index (χ3n) is 5.44. The number of hydrazine groups is 1. The van der Waals surface area contributed by atoms with Crippen LogP contribution in [-0.4, -0.2) is 47.7 Å². The van der Waals surface area contributed by atoms with Gasteiger partial charge in [-0.15, -0.1) is 0 Å². The SMILES string of the molecule is C.Cc1[nH]n(-c2ccc(S(=O)(=O)O)cc2)c(=O)c1C=C1C(=O)N(c2ccc(S(=O)(=O)O)cc2)NC1C.[H-].[H-].[K+].[K+]. The molecule has 1 atom stereocenters. The van der Waals surface area contributed by atoms with Gasteiger partial charge in [-0.1, -0.05) is 7.43 Å².